The van der Waals surface area contributed by atoms with Gasteiger partial charge in [0.1, 0.15) is 11.2 Å². The van der Waals surface area contributed by atoms with Crippen LogP contribution in [0.4, 0.5) is 0 Å². The zero-order valence-electron chi connectivity index (χ0n) is 6.39. The molecule has 0 amide bonds. The predicted molar refractivity (Wildman–Crippen MR) is 39.8 cm³/mol. The summed E-state index contributed by atoms with van der Waals surface area (Å²) in [6.07, 6.45) is 3.68. The number of aromatic amines is 1. The Hall–Kier alpha value is -1.30. The molecule has 0 spiro atoms. The number of aryl methyl sites for hydroxylation is 1. The van der Waals surface area contributed by atoms with Crippen LogP contribution in [0.15, 0.2) is 6.20 Å². The molecule has 1 aliphatic rings. The third kappa shape index (κ3) is 0.829. The van der Waals surface area contributed by atoms with Crippen LogP contribution < -0.4 is 0 Å². The van der Waals surface area contributed by atoms with Crippen molar-refractivity contribution in [1.82, 2.24) is 9.97 Å². The van der Waals surface area contributed by atoms with Gasteiger partial charge in [-0.25, -0.2) is 4.98 Å². The van der Waals surface area contributed by atoms with Crippen LogP contribution in [0.5, 0.6) is 0 Å². The van der Waals surface area contributed by atoms with Crippen LogP contribution in [0.2, 0.25) is 0 Å². The van der Waals surface area contributed by atoms with Gasteiger partial charge in [0.2, 0.25) is 0 Å². The van der Waals surface area contributed by atoms with Crippen molar-refractivity contribution in [2.45, 2.75) is 25.2 Å². The molecule has 0 aliphatic heterocycles. The topological polar surface area (TPSA) is 52.5 Å². The van der Waals surface area contributed by atoms with E-state index >= 15 is 0 Å². The summed E-state index contributed by atoms with van der Waals surface area (Å²) in [7, 11) is 0. The molecule has 0 atom stereocenters. The zero-order chi connectivity index (χ0) is 7.90. The van der Waals surface area contributed by atoms with E-state index < -0.39 is 0 Å². The quantitative estimate of drug-likeness (QED) is 0.650. The standard InChI is InChI=1S/C8H9N3/c1-6-4-10-7(11-6)8(5-9)2-3-8/h4H,2-3H2,1H3,(H,10,11). The largest absolute Gasteiger partial charge is 0.345 e. The Labute approximate surface area is 65.1 Å². The average molecular weight is 147 g/mol. The molecular formula is C8H9N3. The van der Waals surface area contributed by atoms with E-state index in [4.69, 9.17) is 5.26 Å². The highest BCUT2D eigenvalue weighted by atomic mass is 14.9. The van der Waals surface area contributed by atoms with Crippen LogP contribution in [0.3, 0.4) is 0 Å². The third-order valence-electron chi connectivity index (χ3n) is 2.12. The summed E-state index contributed by atoms with van der Waals surface area (Å²) in [5, 5.41) is 8.81. The molecule has 1 N–H and O–H groups in total. The highest BCUT2D eigenvalue weighted by molar-refractivity contribution is 5.30. The van der Waals surface area contributed by atoms with Gasteiger partial charge in [0.15, 0.2) is 0 Å². The normalized spacial score (nSPS) is 19.3. The molecule has 1 aromatic rings. The van der Waals surface area contributed by atoms with Crippen molar-refractivity contribution in [1.29, 1.82) is 5.26 Å². The minimum Gasteiger partial charge on any atom is -0.345 e. The molecule has 3 nitrogen and oxygen atoms in total. The first-order valence-electron chi connectivity index (χ1n) is 3.70. The Kier molecular flexibility index (Phi) is 1.08. The number of aromatic nitrogens is 2. The molecule has 1 aliphatic carbocycles. The molecule has 0 bridgehead atoms. The number of nitrogens with one attached hydrogen (secondary N) is 1. The number of H-pyrrole nitrogens is 1. The van der Waals surface area contributed by atoms with Gasteiger partial charge in [-0.3, -0.25) is 0 Å². The van der Waals surface area contributed by atoms with Crippen LogP contribution in [0.1, 0.15) is 24.4 Å². The lowest BCUT2D eigenvalue weighted by molar-refractivity contribution is 0.818. The number of imidazole rings is 1. The maximum Gasteiger partial charge on any atom is 0.126 e. The van der Waals surface area contributed by atoms with Crippen molar-refractivity contribution in [2.75, 3.05) is 0 Å². The maximum absolute atomic E-state index is 8.81. The van der Waals surface area contributed by atoms with Crippen LogP contribution in [-0.2, 0) is 5.41 Å². The molecule has 3 heteroatoms. The molecule has 56 valence electrons. The van der Waals surface area contributed by atoms with E-state index in [0.29, 0.717) is 0 Å². The molecule has 0 radical (unpaired) electrons. The second kappa shape index (κ2) is 1.85. The number of hydrogen-bond acceptors (Lipinski definition) is 2. The highest BCUT2D eigenvalue weighted by Crippen LogP contribution is 2.45. The van der Waals surface area contributed by atoms with Gasteiger partial charge in [-0.05, 0) is 19.8 Å². The summed E-state index contributed by atoms with van der Waals surface area (Å²) in [6.45, 7) is 1.95. The van der Waals surface area contributed by atoms with Crippen molar-refractivity contribution < 1.29 is 0 Å². The SMILES string of the molecule is Cc1cnc(C2(C#N)CC2)[nH]1. The van der Waals surface area contributed by atoms with Crippen molar-refractivity contribution in [3.8, 4) is 6.07 Å². The Morgan fingerprint density at radius 3 is 2.82 bits per heavy atom. The molecule has 11 heavy (non-hydrogen) atoms. The zero-order valence-corrected chi connectivity index (χ0v) is 6.39. The fraction of sp³-hybridized carbons (Fsp3) is 0.500. The Bertz CT molecular complexity index is 314. The van der Waals surface area contributed by atoms with Crippen molar-refractivity contribution in [3.63, 3.8) is 0 Å². The second-order valence-corrected chi connectivity index (χ2v) is 3.11. The number of nitrogens with zero attached hydrogens (tertiary/aromatic N) is 2. The second-order valence-electron chi connectivity index (χ2n) is 3.11. The molecule has 1 heterocycles. The monoisotopic (exact) mass is 147 g/mol. The fourth-order valence-corrected chi connectivity index (χ4v) is 1.18. The van der Waals surface area contributed by atoms with Crippen LogP contribution in [0.25, 0.3) is 0 Å². The minimum absolute atomic E-state index is 0.256. The van der Waals surface area contributed by atoms with Gasteiger partial charge in [-0.15, -0.1) is 0 Å². The third-order valence-corrected chi connectivity index (χ3v) is 2.12. The molecule has 1 fully saturated rings. The molecule has 0 saturated heterocycles. The van der Waals surface area contributed by atoms with Crippen LogP contribution >= 0.6 is 0 Å². The molecule has 2 rings (SSSR count). The first kappa shape index (κ1) is 6.41. The van der Waals surface area contributed by atoms with Gasteiger partial charge in [0.25, 0.3) is 0 Å². The molecule has 1 saturated carbocycles. The van der Waals surface area contributed by atoms with E-state index in [1.807, 2.05) is 6.92 Å². The van der Waals surface area contributed by atoms with Crippen molar-refractivity contribution in [3.05, 3.63) is 17.7 Å². The summed E-state index contributed by atoms with van der Waals surface area (Å²) in [5.41, 5.74) is 0.773. The lowest BCUT2D eigenvalue weighted by Gasteiger charge is -1.97. The lowest BCUT2D eigenvalue weighted by Crippen LogP contribution is -2.04. The van der Waals surface area contributed by atoms with Gasteiger partial charge >= 0.3 is 0 Å². The smallest absolute Gasteiger partial charge is 0.126 e. The van der Waals surface area contributed by atoms with Gasteiger partial charge in [-0.1, -0.05) is 0 Å². The van der Waals surface area contributed by atoms with Gasteiger partial charge in [0, 0.05) is 11.9 Å². The van der Waals surface area contributed by atoms with Gasteiger partial charge in [-0.2, -0.15) is 5.26 Å². The van der Waals surface area contributed by atoms with E-state index in [1.54, 1.807) is 6.20 Å². The van der Waals surface area contributed by atoms with Crippen LogP contribution in [0, 0.1) is 18.3 Å². The highest BCUT2D eigenvalue weighted by Gasteiger charge is 2.47. The molecule has 1 aromatic heterocycles. The van der Waals surface area contributed by atoms with E-state index in [0.717, 1.165) is 24.4 Å². The summed E-state index contributed by atoms with van der Waals surface area (Å²) < 4.78 is 0. The van der Waals surface area contributed by atoms with Gasteiger partial charge < -0.3 is 4.98 Å². The van der Waals surface area contributed by atoms with E-state index in [-0.39, 0.29) is 5.41 Å². The molecule has 0 unspecified atom stereocenters. The predicted octanol–water partition coefficient (Wildman–Crippen LogP) is 1.27. The Balaban J connectivity index is 2.38. The molecule has 0 aromatic carbocycles. The van der Waals surface area contributed by atoms with E-state index in [9.17, 15) is 0 Å². The summed E-state index contributed by atoms with van der Waals surface area (Å²) in [6, 6.07) is 2.29. The Morgan fingerprint density at radius 2 is 2.45 bits per heavy atom. The summed E-state index contributed by atoms with van der Waals surface area (Å²) in [5.74, 6) is 0.845. The van der Waals surface area contributed by atoms with E-state index in [2.05, 4.69) is 16.0 Å². The van der Waals surface area contributed by atoms with Gasteiger partial charge in [0.05, 0.1) is 6.07 Å². The fourth-order valence-electron chi connectivity index (χ4n) is 1.18. The average Bonchev–Trinajstić information content (AvgIpc) is 2.70. The lowest BCUT2D eigenvalue weighted by atomic mass is 10.1. The van der Waals surface area contributed by atoms with Crippen molar-refractivity contribution in [2.24, 2.45) is 0 Å². The minimum atomic E-state index is -0.256. The van der Waals surface area contributed by atoms with Crippen LogP contribution in [-0.4, -0.2) is 9.97 Å². The number of rotatable bonds is 1. The summed E-state index contributed by atoms with van der Waals surface area (Å²) >= 11 is 0. The first-order valence-corrected chi connectivity index (χ1v) is 3.70. The number of hydrogen-bond donors (Lipinski definition) is 1. The number of nitriles is 1. The molecular weight excluding hydrogens is 138 g/mol. The van der Waals surface area contributed by atoms with Crippen molar-refractivity contribution >= 4 is 0 Å². The van der Waals surface area contributed by atoms with E-state index in [1.165, 1.54) is 0 Å². The Morgan fingerprint density at radius 1 is 1.73 bits per heavy atom. The first-order chi connectivity index (χ1) is 5.27. The maximum atomic E-state index is 8.81. The summed E-state index contributed by atoms with van der Waals surface area (Å²) in [4.78, 5) is 7.24.